The number of hydrogen-bond donors (Lipinski definition) is 0. The highest BCUT2D eigenvalue weighted by Crippen LogP contribution is 2.44. The first-order chi connectivity index (χ1) is 26.8. The Bertz CT molecular complexity index is 2970. The lowest BCUT2D eigenvalue weighted by molar-refractivity contribution is 0.470. The summed E-state index contributed by atoms with van der Waals surface area (Å²) in [4.78, 5) is 0. The maximum absolute atomic E-state index is 2.46. The Morgan fingerprint density at radius 1 is 0.455 bits per heavy atom. The largest absolute Gasteiger partial charge is 0.0798 e. The summed E-state index contributed by atoms with van der Waals surface area (Å²) in [5.74, 6) is 0.288. The Labute approximate surface area is 325 Å². The van der Waals surface area contributed by atoms with Gasteiger partial charge in [-0.15, -0.1) is 0 Å². The molecule has 0 aliphatic heterocycles. The molecule has 0 amide bonds. The van der Waals surface area contributed by atoms with Gasteiger partial charge in [-0.25, -0.2) is 0 Å². The van der Waals surface area contributed by atoms with Crippen LogP contribution in [0.2, 0.25) is 0 Å². The fourth-order valence-electron chi connectivity index (χ4n) is 8.78. The minimum atomic E-state index is -0.00690. The van der Waals surface area contributed by atoms with Crippen LogP contribution in [-0.4, -0.2) is 0 Å². The molecule has 0 fully saturated rings. The number of rotatable bonds is 6. The first-order valence-electron chi connectivity index (χ1n) is 19.6. The molecule has 1 atom stereocenters. The molecule has 0 aliphatic rings. The van der Waals surface area contributed by atoms with E-state index in [-0.39, 0.29) is 11.3 Å². The van der Waals surface area contributed by atoms with Crippen LogP contribution >= 0.6 is 0 Å². The van der Waals surface area contributed by atoms with E-state index >= 15 is 0 Å². The summed E-state index contributed by atoms with van der Waals surface area (Å²) in [6.07, 6.45) is 4.74. The molecule has 1 unspecified atom stereocenters. The van der Waals surface area contributed by atoms with Crippen LogP contribution in [0.15, 0.2) is 188 Å². The van der Waals surface area contributed by atoms with E-state index in [9.17, 15) is 0 Å². The van der Waals surface area contributed by atoms with Gasteiger partial charge in [-0.05, 0) is 135 Å². The smallest absolute Gasteiger partial charge is 0.00284 e. The van der Waals surface area contributed by atoms with E-state index in [2.05, 4.69) is 217 Å². The quantitative estimate of drug-likeness (QED) is 0.119. The van der Waals surface area contributed by atoms with Crippen LogP contribution < -0.4 is 0 Å². The zero-order chi connectivity index (χ0) is 37.7. The lowest BCUT2D eigenvalue weighted by atomic mass is 9.75. The normalized spacial score (nSPS) is 13.3. The van der Waals surface area contributed by atoms with Gasteiger partial charge < -0.3 is 0 Å². The molecule has 0 heteroatoms. The van der Waals surface area contributed by atoms with Crippen molar-refractivity contribution in [1.82, 2.24) is 0 Å². The van der Waals surface area contributed by atoms with E-state index in [1.807, 2.05) is 0 Å². The summed E-state index contributed by atoms with van der Waals surface area (Å²) < 4.78 is 0. The Kier molecular flexibility index (Phi) is 8.71. The zero-order valence-corrected chi connectivity index (χ0v) is 32.4. The summed E-state index contributed by atoms with van der Waals surface area (Å²) in [5, 5.41) is 12.7. The van der Waals surface area contributed by atoms with E-state index in [4.69, 9.17) is 0 Å². The summed E-state index contributed by atoms with van der Waals surface area (Å²) in [6, 6.07) is 63.1. The van der Waals surface area contributed by atoms with E-state index < -0.39 is 0 Å². The zero-order valence-electron chi connectivity index (χ0n) is 32.4. The molecule has 0 nitrogen and oxygen atoms in total. The van der Waals surface area contributed by atoms with Gasteiger partial charge in [0.25, 0.3) is 0 Å². The highest BCUT2D eigenvalue weighted by molar-refractivity contribution is 6.24. The average molecular weight is 707 g/mol. The van der Waals surface area contributed by atoms with Crippen LogP contribution in [0.3, 0.4) is 0 Å². The summed E-state index contributed by atoms with van der Waals surface area (Å²) in [7, 11) is 0. The van der Waals surface area contributed by atoms with Crippen molar-refractivity contribution in [2.75, 3.05) is 0 Å². The highest BCUT2D eigenvalue weighted by Gasteiger charge is 2.24. The maximum Gasteiger partial charge on any atom is 0.00284 e. The number of fused-ring (bicyclic) bond motifs is 7. The predicted octanol–water partition coefficient (Wildman–Crippen LogP) is 16.0. The van der Waals surface area contributed by atoms with Crippen molar-refractivity contribution in [3.05, 3.63) is 199 Å². The molecule has 0 saturated heterocycles. The second kappa shape index (κ2) is 13.9. The SMILES string of the molecule is C/C=C(\C=C(/C(C)c1ccccc1)C(C)(C)C)c1ccc2c(c1)c(-c1ccc3ccccc3c1)cc1c3ccccc3c(-c3ccc4ccccc4c3)cc21. The van der Waals surface area contributed by atoms with Crippen molar-refractivity contribution in [2.24, 2.45) is 5.41 Å². The van der Waals surface area contributed by atoms with E-state index in [0.29, 0.717) is 0 Å². The van der Waals surface area contributed by atoms with Gasteiger partial charge in [0.15, 0.2) is 0 Å². The van der Waals surface area contributed by atoms with Gasteiger partial charge in [-0.3, -0.25) is 0 Å². The minimum absolute atomic E-state index is 0.00690. The lowest BCUT2D eigenvalue weighted by Gasteiger charge is -2.29. The first-order valence-corrected chi connectivity index (χ1v) is 19.6. The van der Waals surface area contributed by atoms with Crippen LogP contribution in [-0.2, 0) is 0 Å². The van der Waals surface area contributed by atoms with Crippen molar-refractivity contribution in [3.8, 4) is 22.3 Å². The van der Waals surface area contributed by atoms with Crippen LogP contribution in [0.4, 0.5) is 0 Å². The van der Waals surface area contributed by atoms with Crippen molar-refractivity contribution < 1.29 is 0 Å². The molecule has 266 valence electrons. The molecule has 0 heterocycles. The van der Waals surface area contributed by atoms with Crippen LogP contribution in [0.1, 0.15) is 51.7 Å². The summed E-state index contributed by atoms with van der Waals surface area (Å²) >= 11 is 0. The Morgan fingerprint density at radius 3 is 1.55 bits per heavy atom. The molecule has 0 spiro atoms. The molecule has 0 aliphatic carbocycles. The first kappa shape index (κ1) is 34.5. The molecule has 9 aromatic rings. The van der Waals surface area contributed by atoms with Crippen LogP contribution in [0.25, 0.3) is 81.7 Å². The third-order valence-corrected chi connectivity index (χ3v) is 11.7. The molecule has 0 saturated carbocycles. The van der Waals surface area contributed by atoms with Crippen molar-refractivity contribution in [1.29, 1.82) is 0 Å². The third kappa shape index (κ3) is 6.32. The number of hydrogen-bond acceptors (Lipinski definition) is 0. The summed E-state index contributed by atoms with van der Waals surface area (Å²) in [6.45, 7) is 11.5. The Balaban J connectivity index is 1.31. The third-order valence-electron chi connectivity index (χ3n) is 11.7. The molecule has 9 rings (SSSR count). The minimum Gasteiger partial charge on any atom is -0.0798 e. The van der Waals surface area contributed by atoms with Crippen molar-refractivity contribution in [2.45, 2.75) is 40.5 Å². The maximum atomic E-state index is 2.46. The van der Waals surface area contributed by atoms with Crippen LogP contribution in [0.5, 0.6) is 0 Å². The Hall–Kier alpha value is -6.24. The van der Waals surface area contributed by atoms with Gasteiger partial charge in [0, 0.05) is 5.92 Å². The van der Waals surface area contributed by atoms with E-state index in [1.165, 1.54) is 98.4 Å². The molecule has 0 N–H and O–H groups in total. The summed E-state index contributed by atoms with van der Waals surface area (Å²) in [5.41, 5.74) is 10.2. The average Bonchev–Trinajstić information content (AvgIpc) is 3.22. The molecule has 0 radical (unpaired) electrons. The molecular weight excluding hydrogens is 661 g/mol. The number of benzene rings is 9. The van der Waals surface area contributed by atoms with Gasteiger partial charge in [0.1, 0.15) is 0 Å². The van der Waals surface area contributed by atoms with E-state index in [1.54, 1.807) is 0 Å². The van der Waals surface area contributed by atoms with Crippen LogP contribution in [0, 0.1) is 5.41 Å². The number of allylic oxidation sites excluding steroid dienone is 4. The van der Waals surface area contributed by atoms with Gasteiger partial charge in [-0.2, -0.15) is 0 Å². The van der Waals surface area contributed by atoms with Gasteiger partial charge in [0.05, 0.1) is 0 Å². The topological polar surface area (TPSA) is 0 Å². The monoisotopic (exact) mass is 706 g/mol. The lowest BCUT2D eigenvalue weighted by Crippen LogP contribution is -2.15. The predicted molar refractivity (Wildman–Crippen MR) is 241 cm³/mol. The van der Waals surface area contributed by atoms with Gasteiger partial charge >= 0.3 is 0 Å². The molecule has 0 aromatic heterocycles. The van der Waals surface area contributed by atoms with Gasteiger partial charge in [0.2, 0.25) is 0 Å². The second-order valence-electron chi connectivity index (χ2n) is 16.1. The van der Waals surface area contributed by atoms with E-state index in [0.717, 1.165) is 0 Å². The molecule has 55 heavy (non-hydrogen) atoms. The molecule has 0 bridgehead atoms. The standard InChI is InChI=1S/C55H46/c1-6-37(33-54(55(3,4)5)36(2)38-16-8-7-9-17-38)43-28-29-48-51(32-43)50(45-27-25-40-19-11-13-21-42(40)31-45)35-52-47-23-15-14-22-46(47)49(34-53(48)52)44-26-24-39-18-10-12-20-41(39)30-44/h6-36H,1-5H3/b37-6+,54-33+. The van der Waals surface area contributed by atoms with Gasteiger partial charge in [-0.1, -0.05) is 185 Å². The second-order valence-corrected chi connectivity index (χ2v) is 16.1. The van der Waals surface area contributed by atoms with Crippen molar-refractivity contribution >= 4 is 59.4 Å². The molecule has 9 aromatic carbocycles. The Morgan fingerprint density at radius 2 is 0.964 bits per heavy atom. The fraction of sp³-hybridized carbons (Fsp3) is 0.127. The van der Waals surface area contributed by atoms with Crippen molar-refractivity contribution in [3.63, 3.8) is 0 Å². The highest BCUT2D eigenvalue weighted by atomic mass is 14.3. The fourth-order valence-corrected chi connectivity index (χ4v) is 8.78. The molecular formula is C55H46.